The van der Waals surface area contributed by atoms with E-state index in [4.69, 9.17) is 21.3 Å². The number of amides is 2. The van der Waals surface area contributed by atoms with Crippen molar-refractivity contribution in [1.82, 2.24) is 9.55 Å². The van der Waals surface area contributed by atoms with Gasteiger partial charge < -0.3 is 20.3 Å². The summed E-state index contributed by atoms with van der Waals surface area (Å²) in [5, 5.41) is 6.04. The van der Waals surface area contributed by atoms with Crippen molar-refractivity contribution in [1.29, 1.82) is 0 Å². The van der Waals surface area contributed by atoms with Crippen molar-refractivity contribution in [3.8, 4) is 11.4 Å². The zero-order valence-electron chi connectivity index (χ0n) is 17.0. The van der Waals surface area contributed by atoms with E-state index < -0.39 is 0 Å². The first-order valence-corrected chi connectivity index (χ1v) is 10.2. The number of carbonyl (C=O) groups excluding carboxylic acids is 1. The van der Waals surface area contributed by atoms with Crippen molar-refractivity contribution in [2.75, 3.05) is 41.8 Å². The van der Waals surface area contributed by atoms with Gasteiger partial charge in [-0.15, -0.1) is 0 Å². The summed E-state index contributed by atoms with van der Waals surface area (Å²) in [4.78, 5) is 31.5. The number of nitrogens with one attached hydrogen (secondary N) is 2. The van der Waals surface area contributed by atoms with Gasteiger partial charge in [-0.25, -0.2) is 9.78 Å². The van der Waals surface area contributed by atoms with Crippen molar-refractivity contribution >= 4 is 34.8 Å². The van der Waals surface area contributed by atoms with Gasteiger partial charge in [-0.05, 0) is 42.5 Å². The third-order valence-corrected chi connectivity index (χ3v) is 5.17. The van der Waals surface area contributed by atoms with E-state index in [0.717, 1.165) is 5.56 Å². The average molecular weight is 440 g/mol. The molecule has 1 saturated heterocycles. The van der Waals surface area contributed by atoms with Crippen LogP contribution >= 0.6 is 11.6 Å². The van der Waals surface area contributed by atoms with Crippen LogP contribution < -0.4 is 21.1 Å². The maximum atomic E-state index is 12.5. The Morgan fingerprint density at radius 1 is 1.03 bits per heavy atom. The van der Waals surface area contributed by atoms with E-state index >= 15 is 0 Å². The van der Waals surface area contributed by atoms with E-state index in [1.807, 2.05) is 17.0 Å². The summed E-state index contributed by atoms with van der Waals surface area (Å²) in [5.41, 5.74) is 1.85. The molecule has 160 valence electrons. The monoisotopic (exact) mass is 439 g/mol. The van der Waals surface area contributed by atoms with E-state index in [-0.39, 0.29) is 11.6 Å². The fourth-order valence-electron chi connectivity index (χ4n) is 3.30. The largest absolute Gasteiger partial charge is 0.378 e. The number of halogens is 1. The second-order valence-corrected chi connectivity index (χ2v) is 7.54. The van der Waals surface area contributed by atoms with Gasteiger partial charge in [0.2, 0.25) is 0 Å². The van der Waals surface area contributed by atoms with E-state index in [1.54, 1.807) is 49.5 Å². The van der Waals surface area contributed by atoms with Gasteiger partial charge in [-0.1, -0.05) is 17.7 Å². The Labute approximate surface area is 184 Å². The third-order valence-electron chi connectivity index (χ3n) is 4.94. The summed E-state index contributed by atoms with van der Waals surface area (Å²) < 4.78 is 6.89. The molecule has 2 aromatic carbocycles. The second kappa shape index (κ2) is 9.20. The Hall–Kier alpha value is -3.36. The van der Waals surface area contributed by atoms with Crippen molar-refractivity contribution < 1.29 is 9.53 Å². The van der Waals surface area contributed by atoms with Crippen LogP contribution in [0.2, 0.25) is 5.02 Å². The number of aromatic nitrogens is 2. The van der Waals surface area contributed by atoms with Gasteiger partial charge in [-0.3, -0.25) is 9.36 Å². The number of rotatable bonds is 4. The molecule has 1 aliphatic heterocycles. The highest BCUT2D eigenvalue weighted by Gasteiger charge is 2.16. The summed E-state index contributed by atoms with van der Waals surface area (Å²) in [6, 6.07) is 15.2. The highest BCUT2D eigenvalue weighted by Crippen LogP contribution is 2.22. The lowest BCUT2D eigenvalue weighted by atomic mass is 10.2. The standard InChI is InChI=1S/C22H22ClN5O3/c1-27-20(29)14-19(28-9-11-31-12-10-28)26-21(27)15-5-7-17(8-6-15)24-22(30)25-18-4-2-3-16(23)13-18/h2-8,13-14H,9-12H2,1H3,(H2,24,25,30). The van der Waals surface area contributed by atoms with E-state index in [9.17, 15) is 9.59 Å². The average Bonchev–Trinajstić information content (AvgIpc) is 2.77. The van der Waals surface area contributed by atoms with Crippen molar-refractivity contribution in [3.05, 3.63) is 70.0 Å². The molecular weight excluding hydrogens is 418 g/mol. The molecule has 0 saturated carbocycles. The molecule has 1 fully saturated rings. The molecule has 8 nitrogen and oxygen atoms in total. The zero-order valence-corrected chi connectivity index (χ0v) is 17.7. The number of carbonyl (C=O) groups is 1. The third kappa shape index (κ3) is 5.04. The fraction of sp³-hybridized carbons (Fsp3) is 0.227. The molecule has 3 aromatic rings. The molecule has 0 aliphatic carbocycles. The SMILES string of the molecule is Cn1c(-c2ccc(NC(=O)Nc3cccc(Cl)c3)cc2)nc(N2CCOCC2)cc1=O. The number of benzene rings is 2. The molecule has 2 N–H and O–H groups in total. The highest BCUT2D eigenvalue weighted by molar-refractivity contribution is 6.30. The van der Waals surface area contributed by atoms with Gasteiger partial charge in [0.15, 0.2) is 0 Å². The van der Waals surface area contributed by atoms with Crippen LogP contribution in [-0.4, -0.2) is 41.9 Å². The van der Waals surface area contributed by atoms with Crippen LogP contribution in [0.5, 0.6) is 0 Å². The summed E-state index contributed by atoms with van der Waals surface area (Å²) in [6.45, 7) is 2.63. The van der Waals surface area contributed by atoms with Crippen LogP contribution in [0, 0.1) is 0 Å². The Bertz CT molecular complexity index is 1140. The van der Waals surface area contributed by atoms with Gasteiger partial charge in [-0.2, -0.15) is 0 Å². The molecule has 1 aliphatic rings. The fourth-order valence-corrected chi connectivity index (χ4v) is 3.49. The van der Waals surface area contributed by atoms with Gasteiger partial charge in [0.25, 0.3) is 5.56 Å². The van der Waals surface area contributed by atoms with Crippen LogP contribution in [0.4, 0.5) is 22.0 Å². The molecule has 0 atom stereocenters. The molecule has 31 heavy (non-hydrogen) atoms. The molecule has 0 spiro atoms. The number of hydrogen-bond donors (Lipinski definition) is 2. The lowest BCUT2D eigenvalue weighted by Gasteiger charge is -2.28. The number of ether oxygens (including phenoxy) is 1. The first-order chi connectivity index (χ1) is 15.0. The van der Waals surface area contributed by atoms with Gasteiger partial charge in [0.05, 0.1) is 13.2 Å². The normalized spacial score (nSPS) is 13.7. The Balaban J connectivity index is 1.50. The van der Waals surface area contributed by atoms with Gasteiger partial charge in [0.1, 0.15) is 11.6 Å². The molecule has 2 heterocycles. The van der Waals surface area contributed by atoms with Crippen LogP contribution in [0.15, 0.2) is 59.4 Å². The van der Waals surface area contributed by atoms with Crippen molar-refractivity contribution in [2.45, 2.75) is 0 Å². The minimum atomic E-state index is -0.380. The lowest BCUT2D eigenvalue weighted by Crippen LogP contribution is -2.38. The quantitative estimate of drug-likeness (QED) is 0.648. The Morgan fingerprint density at radius 2 is 1.74 bits per heavy atom. The first-order valence-electron chi connectivity index (χ1n) is 9.84. The van der Waals surface area contributed by atoms with Crippen LogP contribution in [0.1, 0.15) is 0 Å². The number of urea groups is 1. The minimum absolute atomic E-state index is 0.130. The molecule has 4 rings (SSSR count). The Kier molecular flexibility index (Phi) is 6.20. The van der Waals surface area contributed by atoms with E-state index in [0.29, 0.717) is 54.3 Å². The molecule has 1 aromatic heterocycles. The summed E-state index contributed by atoms with van der Waals surface area (Å²) in [7, 11) is 1.69. The molecule has 0 unspecified atom stereocenters. The molecule has 0 bridgehead atoms. The van der Waals surface area contributed by atoms with Crippen molar-refractivity contribution in [3.63, 3.8) is 0 Å². The lowest BCUT2D eigenvalue weighted by molar-refractivity contribution is 0.122. The van der Waals surface area contributed by atoms with Crippen LogP contribution in [0.25, 0.3) is 11.4 Å². The summed E-state index contributed by atoms with van der Waals surface area (Å²) in [5.74, 6) is 1.20. The number of nitrogens with zero attached hydrogens (tertiary/aromatic N) is 3. The highest BCUT2D eigenvalue weighted by atomic mass is 35.5. The second-order valence-electron chi connectivity index (χ2n) is 7.10. The molecular formula is C22H22ClN5O3. The van der Waals surface area contributed by atoms with Crippen LogP contribution in [0.3, 0.4) is 0 Å². The zero-order chi connectivity index (χ0) is 21.8. The van der Waals surface area contributed by atoms with Gasteiger partial charge in [0, 0.05) is 48.2 Å². The smallest absolute Gasteiger partial charge is 0.323 e. The predicted octanol–water partition coefficient (Wildman–Crippen LogP) is 3.58. The maximum absolute atomic E-state index is 12.5. The maximum Gasteiger partial charge on any atom is 0.323 e. The van der Waals surface area contributed by atoms with E-state index in [2.05, 4.69) is 10.6 Å². The first kappa shape index (κ1) is 20.9. The number of morpholine rings is 1. The van der Waals surface area contributed by atoms with Crippen molar-refractivity contribution in [2.24, 2.45) is 7.05 Å². The molecule has 9 heteroatoms. The Morgan fingerprint density at radius 3 is 2.45 bits per heavy atom. The number of anilines is 3. The molecule has 0 radical (unpaired) electrons. The topological polar surface area (TPSA) is 88.5 Å². The minimum Gasteiger partial charge on any atom is -0.378 e. The van der Waals surface area contributed by atoms with Crippen LogP contribution in [-0.2, 0) is 11.8 Å². The summed E-state index contributed by atoms with van der Waals surface area (Å²) >= 11 is 5.94. The molecule has 2 amide bonds. The number of hydrogen-bond acceptors (Lipinski definition) is 5. The summed E-state index contributed by atoms with van der Waals surface area (Å²) in [6.07, 6.45) is 0. The predicted molar refractivity (Wildman–Crippen MR) is 122 cm³/mol. The van der Waals surface area contributed by atoms with E-state index in [1.165, 1.54) is 4.57 Å². The van der Waals surface area contributed by atoms with Gasteiger partial charge >= 0.3 is 6.03 Å².